The number of hydrogen-bond donors (Lipinski definition) is 4. The SMILES string of the molecule is C=CC(=O)Nc1ccc(O[C@@H]2OC(OC=O)[C@@H](O)[C@H](O)C2O)cc1. The molecule has 4 N–H and O–H groups in total. The standard InChI is InChI=1S/C15H17NO8/c1-2-10(18)16-8-3-5-9(6-4-8)23-15-13(21)11(19)12(20)14(24-15)22-7-17/h2-7,11-15,19-21H,1H2,(H,16,18)/t11-,12-,13?,14?,15+/m0/s1. The lowest BCUT2D eigenvalue weighted by atomic mass is 10.0. The Hall–Kier alpha value is -2.46. The quantitative estimate of drug-likeness (QED) is 0.388. The maximum Gasteiger partial charge on any atom is 0.295 e. The first-order valence-corrected chi connectivity index (χ1v) is 6.95. The summed E-state index contributed by atoms with van der Waals surface area (Å²) in [6, 6.07) is 6.05. The Morgan fingerprint density at radius 1 is 1.12 bits per heavy atom. The number of hydrogen-bond acceptors (Lipinski definition) is 8. The molecule has 1 aliphatic rings. The lowest BCUT2D eigenvalue weighted by Crippen LogP contribution is -2.59. The van der Waals surface area contributed by atoms with E-state index in [1.165, 1.54) is 24.3 Å². The van der Waals surface area contributed by atoms with Crippen LogP contribution in [0.2, 0.25) is 0 Å². The van der Waals surface area contributed by atoms with Gasteiger partial charge < -0.3 is 30.1 Å². The first-order valence-electron chi connectivity index (χ1n) is 6.95. The van der Waals surface area contributed by atoms with Crippen molar-refractivity contribution in [3.8, 4) is 5.75 Å². The summed E-state index contributed by atoms with van der Waals surface area (Å²) in [4.78, 5) is 21.6. The molecule has 1 saturated heterocycles. The monoisotopic (exact) mass is 339 g/mol. The topological polar surface area (TPSA) is 135 Å². The van der Waals surface area contributed by atoms with Crippen LogP contribution in [0.25, 0.3) is 0 Å². The Balaban J connectivity index is 2.04. The molecule has 5 atom stereocenters. The van der Waals surface area contributed by atoms with E-state index >= 15 is 0 Å². The summed E-state index contributed by atoms with van der Waals surface area (Å²) in [7, 11) is 0. The van der Waals surface area contributed by atoms with Crippen molar-refractivity contribution in [2.45, 2.75) is 30.9 Å². The van der Waals surface area contributed by atoms with E-state index in [4.69, 9.17) is 9.47 Å². The Labute approximate surface area is 137 Å². The summed E-state index contributed by atoms with van der Waals surface area (Å²) in [6.45, 7) is 3.38. The van der Waals surface area contributed by atoms with Crippen LogP contribution in [0.5, 0.6) is 5.75 Å². The van der Waals surface area contributed by atoms with Gasteiger partial charge in [-0.25, -0.2) is 0 Å². The second-order valence-corrected chi connectivity index (χ2v) is 4.91. The van der Waals surface area contributed by atoms with Crippen LogP contribution in [-0.4, -0.2) is 58.6 Å². The molecule has 0 bridgehead atoms. The minimum absolute atomic E-state index is 0.0481. The molecule has 9 nitrogen and oxygen atoms in total. The lowest BCUT2D eigenvalue weighted by molar-refractivity contribution is -0.321. The van der Waals surface area contributed by atoms with Gasteiger partial charge in [0, 0.05) is 5.69 Å². The summed E-state index contributed by atoms with van der Waals surface area (Å²) in [5.74, 6) is -0.121. The third-order valence-electron chi connectivity index (χ3n) is 3.27. The van der Waals surface area contributed by atoms with Gasteiger partial charge in [-0.3, -0.25) is 14.3 Å². The van der Waals surface area contributed by atoms with E-state index in [0.29, 0.717) is 5.69 Å². The fourth-order valence-electron chi connectivity index (χ4n) is 2.03. The molecule has 0 spiro atoms. The molecule has 0 saturated carbocycles. The molecule has 9 heteroatoms. The molecule has 1 aromatic carbocycles. The molecular formula is C15H17NO8. The van der Waals surface area contributed by atoms with Gasteiger partial charge in [-0.15, -0.1) is 0 Å². The number of benzene rings is 1. The van der Waals surface area contributed by atoms with Crippen LogP contribution >= 0.6 is 0 Å². The van der Waals surface area contributed by atoms with Crippen molar-refractivity contribution in [1.82, 2.24) is 0 Å². The van der Waals surface area contributed by atoms with Crippen molar-refractivity contribution in [3.05, 3.63) is 36.9 Å². The van der Waals surface area contributed by atoms with Gasteiger partial charge in [0.05, 0.1) is 0 Å². The summed E-state index contributed by atoms with van der Waals surface area (Å²) in [6.07, 6.45) is -6.52. The maximum absolute atomic E-state index is 11.2. The smallest absolute Gasteiger partial charge is 0.295 e. The van der Waals surface area contributed by atoms with Crippen LogP contribution in [0.15, 0.2) is 36.9 Å². The zero-order chi connectivity index (χ0) is 17.7. The first kappa shape index (κ1) is 17.9. The Morgan fingerprint density at radius 2 is 1.75 bits per heavy atom. The average Bonchev–Trinajstić information content (AvgIpc) is 2.58. The van der Waals surface area contributed by atoms with Crippen molar-refractivity contribution in [2.24, 2.45) is 0 Å². The molecule has 2 rings (SSSR count). The number of amides is 1. The van der Waals surface area contributed by atoms with Crippen molar-refractivity contribution >= 4 is 18.1 Å². The number of ether oxygens (including phenoxy) is 3. The van der Waals surface area contributed by atoms with Gasteiger partial charge in [-0.05, 0) is 30.3 Å². The minimum Gasteiger partial charge on any atom is -0.462 e. The van der Waals surface area contributed by atoms with Crippen LogP contribution in [-0.2, 0) is 19.1 Å². The second kappa shape index (κ2) is 7.88. The number of aliphatic hydroxyl groups excluding tert-OH is 3. The number of carbonyl (C=O) groups is 2. The highest BCUT2D eigenvalue weighted by molar-refractivity contribution is 5.98. The fraction of sp³-hybridized carbons (Fsp3) is 0.333. The van der Waals surface area contributed by atoms with Crippen molar-refractivity contribution < 1.29 is 39.1 Å². The molecule has 1 heterocycles. The number of aliphatic hydroxyl groups is 3. The third-order valence-corrected chi connectivity index (χ3v) is 3.27. The molecule has 0 radical (unpaired) electrons. The normalized spacial score (nSPS) is 29.4. The summed E-state index contributed by atoms with van der Waals surface area (Å²) < 4.78 is 15.0. The van der Waals surface area contributed by atoms with Gasteiger partial charge in [0.25, 0.3) is 6.47 Å². The van der Waals surface area contributed by atoms with E-state index in [1.807, 2.05) is 0 Å². The molecule has 1 aliphatic heterocycles. The highest BCUT2D eigenvalue weighted by atomic mass is 16.8. The summed E-state index contributed by atoms with van der Waals surface area (Å²) >= 11 is 0. The first-order chi connectivity index (χ1) is 11.5. The number of rotatable bonds is 6. The van der Waals surface area contributed by atoms with Crippen LogP contribution in [0.3, 0.4) is 0 Å². The predicted molar refractivity (Wildman–Crippen MR) is 79.7 cm³/mol. The number of nitrogens with one attached hydrogen (secondary N) is 1. The molecule has 24 heavy (non-hydrogen) atoms. The van der Waals surface area contributed by atoms with E-state index in [9.17, 15) is 24.9 Å². The highest BCUT2D eigenvalue weighted by Crippen LogP contribution is 2.25. The minimum atomic E-state index is -1.63. The van der Waals surface area contributed by atoms with Gasteiger partial charge in [-0.2, -0.15) is 0 Å². The summed E-state index contributed by atoms with van der Waals surface area (Å²) in [5.41, 5.74) is 0.495. The largest absolute Gasteiger partial charge is 0.462 e. The third kappa shape index (κ3) is 4.09. The summed E-state index contributed by atoms with van der Waals surface area (Å²) in [5, 5.41) is 31.8. The fourth-order valence-corrected chi connectivity index (χ4v) is 2.03. The van der Waals surface area contributed by atoms with Crippen molar-refractivity contribution in [2.75, 3.05) is 5.32 Å². The van der Waals surface area contributed by atoms with Gasteiger partial charge in [0.1, 0.15) is 24.1 Å². The Kier molecular flexibility index (Phi) is 5.88. The molecule has 1 fully saturated rings. The zero-order valence-electron chi connectivity index (χ0n) is 12.4. The van der Waals surface area contributed by atoms with Gasteiger partial charge in [0.15, 0.2) is 0 Å². The van der Waals surface area contributed by atoms with E-state index in [2.05, 4.69) is 16.6 Å². The molecular weight excluding hydrogens is 322 g/mol. The molecule has 1 amide bonds. The lowest BCUT2D eigenvalue weighted by Gasteiger charge is -2.38. The second-order valence-electron chi connectivity index (χ2n) is 4.91. The van der Waals surface area contributed by atoms with Gasteiger partial charge in [0.2, 0.25) is 18.5 Å². The molecule has 0 aromatic heterocycles. The van der Waals surface area contributed by atoms with E-state index in [1.54, 1.807) is 0 Å². The van der Waals surface area contributed by atoms with E-state index < -0.39 is 30.9 Å². The van der Waals surface area contributed by atoms with Crippen LogP contribution in [0.4, 0.5) is 5.69 Å². The van der Waals surface area contributed by atoms with Crippen LogP contribution < -0.4 is 10.1 Å². The molecule has 130 valence electrons. The molecule has 2 unspecified atom stereocenters. The molecule has 0 aliphatic carbocycles. The predicted octanol–water partition coefficient (Wildman–Crippen LogP) is -0.872. The van der Waals surface area contributed by atoms with Crippen LogP contribution in [0, 0.1) is 0 Å². The van der Waals surface area contributed by atoms with Crippen LogP contribution in [0.1, 0.15) is 0 Å². The van der Waals surface area contributed by atoms with E-state index in [-0.39, 0.29) is 18.1 Å². The number of carbonyl (C=O) groups excluding carboxylic acids is 2. The zero-order valence-corrected chi connectivity index (χ0v) is 12.4. The van der Waals surface area contributed by atoms with Gasteiger partial charge in [-0.1, -0.05) is 6.58 Å². The number of anilines is 1. The van der Waals surface area contributed by atoms with Gasteiger partial charge >= 0.3 is 0 Å². The van der Waals surface area contributed by atoms with Crippen molar-refractivity contribution in [3.63, 3.8) is 0 Å². The Morgan fingerprint density at radius 3 is 2.33 bits per heavy atom. The average molecular weight is 339 g/mol. The molecule has 1 aromatic rings. The van der Waals surface area contributed by atoms with E-state index in [0.717, 1.165) is 6.08 Å². The highest BCUT2D eigenvalue weighted by Gasteiger charge is 2.46. The van der Waals surface area contributed by atoms with Crippen molar-refractivity contribution in [1.29, 1.82) is 0 Å². The Bertz CT molecular complexity index is 590. The maximum atomic E-state index is 11.2.